The van der Waals surface area contributed by atoms with Crippen LogP contribution in [0.3, 0.4) is 0 Å². The van der Waals surface area contributed by atoms with E-state index >= 15 is 0 Å². The third kappa shape index (κ3) is 3.21. The van der Waals surface area contributed by atoms with Crippen molar-refractivity contribution in [3.63, 3.8) is 0 Å². The van der Waals surface area contributed by atoms with Crippen molar-refractivity contribution in [3.8, 4) is 11.5 Å². The highest BCUT2D eigenvalue weighted by atomic mass is 35.5. The number of aromatic nitrogens is 1. The second kappa shape index (κ2) is 6.77. The number of hydrogen-bond acceptors (Lipinski definition) is 5. The number of methoxy groups -OCH3 is 1. The van der Waals surface area contributed by atoms with E-state index in [9.17, 15) is 10.2 Å². The molecule has 1 aromatic heterocycles. The predicted molar refractivity (Wildman–Crippen MR) is 86.6 cm³/mol. The molecule has 2 aromatic rings. The molecule has 2 rings (SSSR count). The van der Waals surface area contributed by atoms with E-state index in [1.54, 1.807) is 19.1 Å². The van der Waals surface area contributed by atoms with Crippen molar-refractivity contribution in [3.05, 3.63) is 45.7 Å². The molecule has 0 unspecified atom stereocenters. The topological polar surface area (TPSA) is 74.9 Å². The second-order valence-corrected chi connectivity index (χ2v) is 5.23. The molecule has 1 heterocycles. The quantitative estimate of drug-likeness (QED) is 0.847. The molecule has 0 saturated heterocycles. The van der Waals surface area contributed by atoms with E-state index in [2.05, 4.69) is 9.98 Å². The molecule has 0 bridgehead atoms. The summed E-state index contributed by atoms with van der Waals surface area (Å²) in [5, 5.41) is 20.0. The lowest BCUT2D eigenvalue weighted by Crippen LogP contribution is -1.98. The van der Waals surface area contributed by atoms with Gasteiger partial charge in [0.25, 0.3) is 0 Å². The molecule has 0 fully saturated rings. The first kappa shape index (κ1) is 16.3. The van der Waals surface area contributed by atoms with E-state index in [1.165, 1.54) is 19.5 Å². The molecule has 2 N–H and O–H groups in total. The third-order valence-electron chi connectivity index (χ3n) is 3.32. The summed E-state index contributed by atoms with van der Waals surface area (Å²) in [5.74, 6) is 0.530. The number of pyridine rings is 1. The fraction of sp³-hybridized carbons (Fsp3) is 0.250. The highest BCUT2D eigenvalue weighted by molar-refractivity contribution is 6.31. The molecule has 5 nitrogen and oxygen atoms in total. The Morgan fingerprint density at radius 2 is 2.09 bits per heavy atom. The van der Waals surface area contributed by atoms with Gasteiger partial charge in [0.2, 0.25) is 0 Å². The Morgan fingerprint density at radius 3 is 2.73 bits per heavy atom. The molecule has 0 aliphatic carbocycles. The lowest BCUT2D eigenvalue weighted by Gasteiger charge is -2.09. The summed E-state index contributed by atoms with van der Waals surface area (Å²) in [6, 6.07) is 3.48. The minimum absolute atomic E-state index is 0.0000442. The van der Waals surface area contributed by atoms with Gasteiger partial charge < -0.3 is 14.9 Å². The number of benzene rings is 1. The number of aliphatic hydroxyl groups is 1. The minimum atomic E-state index is -0.237. The highest BCUT2D eigenvalue weighted by Crippen LogP contribution is 2.33. The van der Waals surface area contributed by atoms with Crippen LogP contribution in [-0.4, -0.2) is 28.5 Å². The first-order valence-electron chi connectivity index (χ1n) is 6.64. The maximum absolute atomic E-state index is 10.1. The van der Waals surface area contributed by atoms with E-state index in [4.69, 9.17) is 16.3 Å². The molecule has 6 heteroatoms. The van der Waals surface area contributed by atoms with E-state index < -0.39 is 0 Å². The van der Waals surface area contributed by atoms with Crippen LogP contribution in [-0.2, 0) is 6.61 Å². The van der Waals surface area contributed by atoms with Crippen LogP contribution in [0.5, 0.6) is 11.5 Å². The Morgan fingerprint density at radius 1 is 1.36 bits per heavy atom. The van der Waals surface area contributed by atoms with Crippen molar-refractivity contribution in [1.82, 2.24) is 4.98 Å². The number of halogens is 1. The van der Waals surface area contributed by atoms with Gasteiger partial charge in [0, 0.05) is 34.6 Å². The van der Waals surface area contributed by atoms with Gasteiger partial charge in [-0.3, -0.25) is 9.98 Å². The molecule has 0 saturated carbocycles. The number of aliphatic imine (C=N–C) groups is 1. The number of ether oxygens (including phenoxy) is 1. The molecule has 0 amide bonds. The van der Waals surface area contributed by atoms with Gasteiger partial charge in [0.1, 0.15) is 17.2 Å². The summed E-state index contributed by atoms with van der Waals surface area (Å²) >= 11 is 6.06. The van der Waals surface area contributed by atoms with E-state index in [-0.39, 0.29) is 12.4 Å². The normalized spacial score (nSPS) is 11.1. The SMILES string of the molecule is COc1cc(Cl)c(C)cc1N=Cc1c(CO)cnc(C)c1O. The molecule has 0 radical (unpaired) electrons. The van der Waals surface area contributed by atoms with Crippen LogP contribution in [0.4, 0.5) is 5.69 Å². The van der Waals surface area contributed by atoms with Crippen LogP contribution in [0.25, 0.3) is 0 Å². The summed E-state index contributed by atoms with van der Waals surface area (Å²) in [6.07, 6.45) is 3.00. The van der Waals surface area contributed by atoms with Gasteiger partial charge in [-0.1, -0.05) is 11.6 Å². The molecule has 0 aliphatic heterocycles. The molecular formula is C16H17ClN2O3. The number of nitrogens with zero attached hydrogens (tertiary/aromatic N) is 2. The maximum Gasteiger partial charge on any atom is 0.145 e. The van der Waals surface area contributed by atoms with E-state index in [0.29, 0.717) is 33.3 Å². The third-order valence-corrected chi connectivity index (χ3v) is 3.73. The molecule has 0 aliphatic rings. The van der Waals surface area contributed by atoms with E-state index in [0.717, 1.165) is 5.56 Å². The van der Waals surface area contributed by atoms with Crippen LogP contribution < -0.4 is 4.74 Å². The Hall–Kier alpha value is -2.11. The summed E-state index contributed by atoms with van der Waals surface area (Å²) in [4.78, 5) is 8.36. The summed E-state index contributed by atoms with van der Waals surface area (Å²) in [7, 11) is 1.53. The van der Waals surface area contributed by atoms with Gasteiger partial charge >= 0.3 is 0 Å². The average molecular weight is 321 g/mol. The Bertz CT molecular complexity index is 730. The van der Waals surface area contributed by atoms with E-state index in [1.807, 2.05) is 6.92 Å². The largest absolute Gasteiger partial charge is 0.505 e. The van der Waals surface area contributed by atoms with Crippen LogP contribution >= 0.6 is 11.6 Å². The molecule has 0 atom stereocenters. The number of aliphatic hydroxyl groups excluding tert-OH is 1. The monoisotopic (exact) mass is 320 g/mol. The minimum Gasteiger partial charge on any atom is -0.505 e. The number of hydrogen-bond donors (Lipinski definition) is 2. The zero-order valence-corrected chi connectivity index (χ0v) is 13.3. The first-order chi connectivity index (χ1) is 10.5. The van der Waals surface area contributed by atoms with Crippen molar-refractivity contribution < 1.29 is 14.9 Å². The smallest absolute Gasteiger partial charge is 0.145 e. The van der Waals surface area contributed by atoms with Crippen molar-refractivity contribution in [1.29, 1.82) is 0 Å². The Kier molecular flexibility index (Phi) is 5.00. The first-order valence-corrected chi connectivity index (χ1v) is 7.02. The van der Waals surface area contributed by atoms with Crippen LogP contribution in [0, 0.1) is 13.8 Å². The summed E-state index contributed by atoms with van der Waals surface area (Å²) in [6.45, 7) is 3.31. The molecular weight excluding hydrogens is 304 g/mol. The van der Waals surface area contributed by atoms with Crippen LogP contribution in [0.15, 0.2) is 23.3 Å². The van der Waals surface area contributed by atoms with Crippen molar-refractivity contribution in [2.24, 2.45) is 4.99 Å². The van der Waals surface area contributed by atoms with Crippen LogP contribution in [0.2, 0.25) is 5.02 Å². The van der Waals surface area contributed by atoms with Gasteiger partial charge in [-0.2, -0.15) is 0 Å². The Labute approximate surface area is 133 Å². The molecule has 116 valence electrons. The number of aryl methyl sites for hydroxylation is 2. The summed E-state index contributed by atoms with van der Waals surface area (Å²) in [5.41, 5.74) is 2.85. The zero-order valence-electron chi connectivity index (χ0n) is 12.6. The molecule has 0 spiro atoms. The highest BCUT2D eigenvalue weighted by Gasteiger charge is 2.10. The van der Waals surface area contributed by atoms with Gasteiger partial charge in [-0.25, -0.2) is 0 Å². The second-order valence-electron chi connectivity index (χ2n) is 4.82. The zero-order chi connectivity index (χ0) is 16.3. The average Bonchev–Trinajstić information content (AvgIpc) is 2.51. The lowest BCUT2D eigenvalue weighted by molar-refractivity contribution is 0.280. The van der Waals surface area contributed by atoms with Gasteiger partial charge in [-0.05, 0) is 25.5 Å². The van der Waals surface area contributed by atoms with Gasteiger partial charge in [0.05, 0.1) is 19.4 Å². The maximum atomic E-state index is 10.1. The molecule has 1 aromatic carbocycles. The van der Waals surface area contributed by atoms with Crippen molar-refractivity contribution in [2.75, 3.05) is 7.11 Å². The fourth-order valence-corrected chi connectivity index (χ4v) is 2.12. The number of aromatic hydroxyl groups is 1. The molecule has 22 heavy (non-hydrogen) atoms. The fourth-order valence-electron chi connectivity index (χ4n) is 1.97. The van der Waals surface area contributed by atoms with Crippen molar-refractivity contribution in [2.45, 2.75) is 20.5 Å². The summed E-state index contributed by atoms with van der Waals surface area (Å²) < 4.78 is 5.26. The van der Waals surface area contributed by atoms with Crippen LogP contribution in [0.1, 0.15) is 22.4 Å². The Balaban J connectivity index is 2.50. The lowest BCUT2D eigenvalue weighted by atomic mass is 10.1. The van der Waals surface area contributed by atoms with Gasteiger partial charge in [-0.15, -0.1) is 0 Å². The standard InChI is InChI=1S/C16H17ClN2O3/c1-9-4-14(15(22-3)5-13(9)17)19-7-12-11(8-20)6-18-10(2)16(12)21/h4-7,20-21H,8H2,1-3H3. The van der Waals surface area contributed by atoms with Gasteiger partial charge in [0.15, 0.2) is 0 Å². The van der Waals surface area contributed by atoms with Crippen molar-refractivity contribution >= 4 is 23.5 Å². The number of rotatable bonds is 4. The predicted octanol–water partition coefficient (Wildman–Crippen LogP) is 3.31.